The van der Waals surface area contributed by atoms with Gasteiger partial charge in [0.05, 0.1) is 17.2 Å². The molecule has 0 radical (unpaired) electrons. The number of fused-ring (bicyclic) bond motifs is 1. The molecule has 1 aromatic heterocycles. The first-order chi connectivity index (χ1) is 12.5. The van der Waals surface area contributed by atoms with Crippen LogP contribution in [0.25, 0.3) is 10.9 Å². The Labute approximate surface area is 148 Å². The summed E-state index contributed by atoms with van der Waals surface area (Å²) in [6, 6.07) is 6.48. The number of likely N-dealkylation sites (tertiary alicyclic amines) is 1. The third-order valence-corrected chi connectivity index (χ3v) is 5.02. The molecule has 134 valence electrons. The minimum absolute atomic E-state index is 0.109. The highest BCUT2D eigenvalue weighted by atomic mass is 16.2. The smallest absolute Gasteiger partial charge is 0.322 e. The van der Waals surface area contributed by atoms with Crippen molar-refractivity contribution in [3.05, 3.63) is 40.9 Å². The number of urea groups is 1. The van der Waals surface area contributed by atoms with Crippen molar-refractivity contribution < 1.29 is 14.4 Å². The zero-order chi connectivity index (χ0) is 18.3. The van der Waals surface area contributed by atoms with Gasteiger partial charge in [-0.1, -0.05) is 12.1 Å². The van der Waals surface area contributed by atoms with Crippen molar-refractivity contribution in [3.63, 3.8) is 0 Å². The Morgan fingerprint density at radius 2 is 1.88 bits per heavy atom. The summed E-state index contributed by atoms with van der Waals surface area (Å²) in [4.78, 5) is 54.2. The number of carbonyl (C=O) groups is 3. The van der Waals surface area contributed by atoms with E-state index in [2.05, 4.69) is 15.6 Å². The number of hydrogen-bond donors (Lipinski definition) is 2. The van der Waals surface area contributed by atoms with Crippen LogP contribution < -0.4 is 16.2 Å². The first-order valence-electron chi connectivity index (χ1n) is 8.34. The maximum Gasteiger partial charge on any atom is 0.322 e. The van der Waals surface area contributed by atoms with Crippen molar-refractivity contribution in [1.82, 2.24) is 25.1 Å². The molecule has 2 saturated heterocycles. The number of benzene rings is 1. The number of amides is 4. The van der Waals surface area contributed by atoms with E-state index >= 15 is 0 Å². The molecule has 4 amide bonds. The molecule has 2 aliphatic rings. The van der Waals surface area contributed by atoms with Crippen molar-refractivity contribution in [2.45, 2.75) is 24.9 Å². The summed E-state index contributed by atoms with van der Waals surface area (Å²) < 4.78 is 1.29. The lowest BCUT2D eigenvalue weighted by atomic mass is 9.88. The number of rotatable bonds is 2. The highest BCUT2D eigenvalue weighted by molar-refractivity contribution is 6.07. The van der Waals surface area contributed by atoms with Gasteiger partial charge in [0, 0.05) is 13.1 Å². The van der Waals surface area contributed by atoms with E-state index in [0.717, 1.165) is 0 Å². The molecule has 0 aliphatic carbocycles. The molecule has 4 rings (SSSR count). The van der Waals surface area contributed by atoms with Gasteiger partial charge in [0.1, 0.15) is 12.1 Å². The van der Waals surface area contributed by atoms with E-state index < -0.39 is 11.6 Å². The summed E-state index contributed by atoms with van der Waals surface area (Å²) in [6.07, 6.45) is 2.07. The van der Waals surface area contributed by atoms with Crippen LogP contribution in [0.5, 0.6) is 0 Å². The van der Waals surface area contributed by atoms with Crippen LogP contribution in [0.2, 0.25) is 0 Å². The molecule has 0 saturated carbocycles. The van der Waals surface area contributed by atoms with Crippen molar-refractivity contribution in [3.8, 4) is 0 Å². The van der Waals surface area contributed by atoms with Crippen LogP contribution in [0.3, 0.4) is 0 Å². The zero-order valence-corrected chi connectivity index (χ0v) is 13.9. The van der Waals surface area contributed by atoms with Crippen molar-refractivity contribution in [1.29, 1.82) is 0 Å². The van der Waals surface area contributed by atoms with Gasteiger partial charge >= 0.3 is 6.03 Å². The molecule has 2 aliphatic heterocycles. The minimum Gasteiger partial charge on any atom is -0.341 e. The van der Waals surface area contributed by atoms with Crippen molar-refractivity contribution in [2.24, 2.45) is 0 Å². The van der Waals surface area contributed by atoms with E-state index in [1.165, 1.54) is 10.9 Å². The van der Waals surface area contributed by atoms with Crippen LogP contribution in [0.1, 0.15) is 12.8 Å². The number of hydrogen-bond acceptors (Lipinski definition) is 5. The Bertz CT molecular complexity index is 975. The Kier molecular flexibility index (Phi) is 3.71. The molecule has 1 spiro atoms. The molecule has 2 fully saturated rings. The second-order valence-corrected chi connectivity index (χ2v) is 6.57. The Hall–Kier alpha value is -3.23. The second kappa shape index (κ2) is 5.94. The molecule has 0 bridgehead atoms. The van der Waals surface area contributed by atoms with Gasteiger partial charge < -0.3 is 10.2 Å². The van der Waals surface area contributed by atoms with E-state index in [1.54, 1.807) is 29.2 Å². The van der Waals surface area contributed by atoms with E-state index in [-0.39, 0.29) is 23.9 Å². The Morgan fingerprint density at radius 3 is 2.58 bits per heavy atom. The fourth-order valence-corrected chi connectivity index (χ4v) is 3.48. The molecule has 0 unspecified atom stereocenters. The molecule has 3 heterocycles. The fraction of sp³-hybridized carbons (Fsp3) is 0.353. The third kappa shape index (κ3) is 2.61. The first kappa shape index (κ1) is 16.2. The predicted molar refractivity (Wildman–Crippen MR) is 91.2 cm³/mol. The maximum atomic E-state index is 12.6. The average molecular weight is 355 g/mol. The monoisotopic (exact) mass is 355 g/mol. The average Bonchev–Trinajstić information content (AvgIpc) is 2.91. The largest absolute Gasteiger partial charge is 0.341 e. The van der Waals surface area contributed by atoms with Gasteiger partial charge in [0.25, 0.3) is 11.5 Å². The number of imide groups is 1. The van der Waals surface area contributed by atoms with Crippen LogP contribution in [-0.4, -0.2) is 50.9 Å². The molecule has 0 atom stereocenters. The highest BCUT2D eigenvalue weighted by Crippen LogP contribution is 2.25. The van der Waals surface area contributed by atoms with Gasteiger partial charge in [-0.25, -0.2) is 9.78 Å². The van der Waals surface area contributed by atoms with Gasteiger partial charge in [-0.3, -0.25) is 24.3 Å². The maximum absolute atomic E-state index is 12.6. The van der Waals surface area contributed by atoms with E-state index in [9.17, 15) is 19.2 Å². The highest BCUT2D eigenvalue weighted by Gasteiger charge is 2.48. The Morgan fingerprint density at radius 1 is 1.15 bits per heavy atom. The van der Waals surface area contributed by atoms with E-state index in [4.69, 9.17) is 0 Å². The first-order valence-corrected chi connectivity index (χ1v) is 8.34. The van der Waals surface area contributed by atoms with Crippen molar-refractivity contribution in [2.75, 3.05) is 13.1 Å². The van der Waals surface area contributed by atoms with Gasteiger partial charge in [-0.05, 0) is 25.0 Å². The summed E-state index contributed by atoms with van der Waals surface area (Å²) >= 11 is 0. The lowest BCUT2D eigenvalue weighted by molar-refractivity contribution is -0.136. The number of nitrogens with zero attached hydrogens (tertiary/aromatic N) is 3. The number of piperidine rings is 1. The molecule has 1 aromatic carbocycles. The SMILES string of the molecule is O=C1NC(=O)C2(CCN(C(=O)Cn3cnc4ccccc4c3=O)CC2)N1. The standard InChI is InChI=1S/C17H17N5O4/c23-13(9-22-10-18-12-4-2-1-3-11(12)14(22)24)21-7-5-17(6-8-21)15(25)19-16(26)20-17/h1-4,10H,5-9H2,(H2,19,20,25,26). The lowest BCUT2D eigenvalue weighted by Crippen LogP contribution is -2.56. The zero-order valence-electron chi connectivity index (χ0n) is 13.9. The summed E-state index contributed by atoms with van der Waals surface area (Å²) in [5, 5.41) is 5.36. The summed E-state index contributed by atoms with van der Waals surface area (Å²) in [5.41, 5.74) is -0.598. The second-order valence-electron chi connectivity index (χ2n) is 6.57. The molecule has 9 nitrogen and oxygen atoms in total. The number of carbonyl (C=O) groups excluding carboxylic acids is 3. The van der Waals surface area contributed by atoms with Crippen LogP contribution in [-0.2, 0) is 16.1 Å². The van der Waals surface area contributed by atoms with E-state index in [0.29, 0.717) is 36.8 Å². The number of aromatic nitrogens is 2. The van der Waals surface area contributed by atoms with Gasteiger partial charge in [0.15, 0.2) is 0 Å². The number of nitrogens with one attached hydrogen (secondary N) is 2. The topological polar surface area (TPSA) is 113 Å². The summed E-state index contributed by atoms with van der Waals surface area (Å²) in [5.74, 6) is -0.562. The summed E-state index contributed by atoms with van der Waals surface area (Å²) in [7, 11) is 0. The quantitative estimate of drug-likeness (QED) is 0.712. The van der Waals surface area contributed by atoms with E-state index in [1.807, 2.05) is 0 Å². The van der Waals surface area contributed by atoms with Gasteiger partial charge in [-0.15, -0.1) is 0 Å². The fourth-order valence-electron chi connectivity index (χ4n) is 3.48. The van der Waals surface area contributed by atoms with Crippen LogP contribution in [0, 0.1) is 0 Å². The molecule has 2 aromatic rings. The van der Waals surface area contributed by atoms with Gasteiger partial charge in [0.2, 0.25) is 5.91 Å². The van der Waals surface area contributed by atoms with Crippen LogP contribution >= 0.6 is 0 Å². The molecule has 26 heavy (non-hydrogen) atoms. The molecular formula is C17H17N5O4. The van der Waals surface area contributed by atoms with Crippen LogP contribution in [0.15, 0.2) is 35.4 Å². The third-order valence-electron chi connectivity index (χ3n) is 5.02. The normalized spacial score (nSPS) is 18.8. The summed E-state index contributed by atoms with van der Waals surface area (Å²) in [6.45, 7) is 0.562. The minimum atomic E-state index is -0.921. The Balaban J connectivity index is 1.47. The predicted octanol–water partition coefficient (Wildman–Crippen LogP) is -0.403. The van der Waals surface area contributed by atoms with Gasteiger partial charge in [-0.2, -0.15) is 0 Å². The lowest BCUT2D eigenvalue weighted by Gasteiger charge is -2.37. The van der Waals surface area contributed by atoms with Crippen molar-refractivity contribution >= 4 is 28.7 Å². The molecule has 9 heteroatoms. The van der Waals surface area contributed by atoms with Crippen LogP contribution in [0.4, 0.5) is 4.79 Å². The molecule has 2 N–H and O–H groups in total. The number of para-hydroxylation sites is 1. The molecular weight excluding hydrogens is 338 g/mol.